The number of amides is 1. The molecule has 1 aromatic heterocycles. The number of halogens is 3. The molecule has 7 nitrogen and oxygen atoms in total. The van der Waals surface area contributed by atoms with Crippen molar-refractivity contribution < 1.29 is 22.8 Å². The molecule has 5 N–H and O–H groups in total. The first-order valence-corrected chi connectivity index (χ1v) is 8.91. The van der Waals surface area contributed by atoms with E-state index < -0.39 is 17.6 Å². The predicted octanol–water partition coefficient (Wildman–Crippen LogP) is 3.16. The van der Waals surface area contributed by atoms with E-state index in [-0.39, 0.29) is 29.2 Å². The van der Waals surface area contributed by atoms with Crippen molar-refractivity contribution in [2.75, 3.05) is 7.05 Å². The second kappa shape index (κ2) is 8.46. The number of rotatable bonds is 5. The molecule has 158 valence electrons. The number of aromatic nitrogens is 1. The van der Waals surface area contributed by atoms with Gasteiger partial charge in [-0.2, -0.15) is 13.2 Å². The summed E-state index contributed by atoms with van der Waals surface area (Å²) < 4.78 is 39.5. The molecule has 1 heterocycles. The summed E-state index contributed by atoms with van der Waals surface area (Å²) in [5.74, 6) is -0.904. The van der Waals surface area contributed by atoms with Gasteiger partial charge in [-0.1, -0.05) is 30.3 Å². The molecule has 1 amide bonds. The highest BCUT2D eigenvalue weighted by Gasteiger charge is 2.33. The number of guanidine groups is 1. The van der Waals surface area contributed by atoms with Gasteiger partial charge in [-0.15, -0.1) is 0 Å². The van der Waals surface area contributed by atoms with E-state index in [0.717, 1.165) is 28.2 Å². The third-order valence-electron chi connectivity index (χ3n) is 4.46. The number of alkyl halides is 3. The molecule has 0 aliphatic carbocycles. The summed E-state index contributed by atoms with van der Waals surface area (Å²) in [5.41, 5.74) is 12.4. The van der Waals surface area contributed by atoms with Crippen LogP contribution < -0.4 is 11.5 Å². The lowest BCUT2D eigenvalue weighted by atomic mass is 10.1. The van der Waals surface area contributed by atoms with E-state index in [9.17, 15) is 18.0 Å². The molecule has 0 aliphatic rings. The van der Waals surface area contributed by atoms with Gasteiger partial charge in [-0.3, -0.25) is 9.69 Å². The molecule has 0 unspecified atom stereocenters. The van der Waals surface area contributed by atoms with Crippen molar-refractivity contribution in [3.8, 4) is 0 Å². The Bertz CT molecular complexity index is 1090. The standard InChI is InChI=1S/C20H20F3N5O2/c1-28(19(25)27-30-11-13-5-2-4-12(8-13)10-24)18(29)17-9-14-15(20(21,22)23)6-3-7-16(14)26-17/h2-9,26H,10-11,24H2,1H3,(H2,25,27). The van der Waals surface area contributed by atoms with E-state index in [1.165, 1.54) is 19.2 Å². The van der Waals surface area contributed by atoms with Crippen molar-refractivity contribution in [3.05, 3.63) is 70.9 Å². The second-order valence-electron chi connectivity index (χ2n) is 6.56. The maximum Gasteiger partial charge on any atom is 0.417 e. The fraction of sp³-hybridized carbons (Fsp3) is 0.200. The largest absolute Gasteiger partial charge is 0.417 e. The van der Waals surface area contributed by atoms with Crippen LogP contribution in [0.1, 0.15) is 27.2 Å². The van der Waals surface area contributed by atoms with E-state index in [4.69, 9.17) is 16.3 Å². The minimum Gasteiger partial charge on any atom is -0.388 e. The molecule has 0 aliphatic heterocycles. The monoisotopic (exact) mass is 419 g/mol. The third kappa shape index (κ3) is 4.54. The van der Waals surface area contributed by atoms with E-state index >= 15 is 0 Å². The third-order valence-corrected chi connectivity index (χ3v) is 4.46. The molecule has 0 saturated heterocycles. The highest BCUT2D eigenvalue weighted by Crippen LogP contribution is 2.35. The number of benzene rings is 2. The summed E-state index contributed by atoms with van der Waals surface area (Å²) in [5, 5.41) is 3.60. The number of nitrogens with one attached hydrogen (secondary N) is 1. The molecule has 0 fully saturated rings. The number of carbonyl (C=O) groups excluding carboxylic acids is 1. The van der Waals surface area contributed by atoms with Crippen molar-refractivity contribution in [2.24, 2.45) is 16.6 Å². The molecule has 2 aromatic carbocycles. The average Bonchev–Trinajstić information content (AvgIpc) is 3.16. The lowest BCUT2D eigenvalue weighted by Crippen LogP contribution is -2.39. The molecule has 0 spiro atoms. The Morgan fingerprint density at radius 1 is 1.17 bits per heavy atom. The zero-order chi connectivity index (χ0) is 21.9. The van der Waals surface area contributed by atoms with E-state index in [1.807, 2.05) is 24.3 Å². The zero-order valence-corrected chi connectivity index (χ0v) is 16.0. The number of hydrogen-bond donors (Lipinski definition) is 3. The Kier molecular flexibility index (Phi) is 5.97. The molecule has 0 radical (unpaired) electrons. The highest BCUT2D eigenvalue weighted by molar-refractivity contribution is 6.06. The first-order valence-electron chi connectivity index (χ1n) is 8.91. The van der Waals surface area contributed by atoms with Crippen LogP contribution in [0.4, 0.5) is 13.2 Å². The Balaban J connectivity index is 1.73. The second-order valence-corrected chi connectivity index (χ2v) is 6.56. The summed E-state index contributed by atoms with van der Waals surface area (Å²) in [6, 6.07) is 12.2. The van der Waals surface area contributed by atoms with Gasteiger partial charge in [0, 0.05) is 24.5 Å². The number of fused-ring (bicyclic) bond motifs is 1. The van der Waals surface area contributed by atoms with Crippen LogP contribution in [-0.2, 0) is 24.2 Å². The first kappa shape index (κ1) is 21.2. The topological polar surface area (TPSA) is 110 Å². The molecule has 10 heteroatoms. The van der Waals surface area contributed by atoms with E-state index in [0.29, 0.717) is 6.54 Å². The normalized spacial score (nSPS) is 12.2. The predicted molar refractivity (Wildman–Crippen MR) is 106 cm³/mol. The molecule has 0 saturated carbocycles. The van der Waals surface area contributed by atoms with Crippen molar-refractivity contribution in [1.82, 2.24) is 9.88 Å². The van der Waals surface area contributed by atoms with Crippen LogP contribution in [0, 0.1) is 0 Å². The minimum atomic E-state index is -4.54. The van der Waals surface area contributed by atoms with Crippen molar-refractivity contribution in [3.63, 3.8) is 0 Å². The molecule has 0 atom stereocenters. The highest BCUT2D eigenvalue weighted by atomic mass is 19.4. The van der Waals surface area contributed by atoms with Crippen LogP contribution in [0.3, 0.4) is 0 Å². The smallest absolute Gasteiger partial charge is 0.388 e. The fourth-order valence-corrected chi connectivity index (χ4v) is 2.88. The van der Waals surface area contributed by atoms with Crippen LogP contribution in [0.25, 0.3) is 10.9 Å². The van der Waals surface area contributed by atoms with Gasteiger partial charge in [0.25, 0.3) is 5.91 Å². The van der Waals surface area contributed by atoms with Gasteiger partial charge in [-0.05, 0) is 34.5 Å². The summed E-state index contributed by atoms with van der Waals surface area (Å²) >= 11 is 0. The fourth-order valence-electron chi connectivity index (χ4n) is 2.88. The Morgan fingerprint density at radius 2 is 1.87 bits per heavy atom. The molecule has 3 rings (SSSR count). The van der Waals surface area contributed by atoms with Gasteiger partial charge in [0.05, 0.1) is 5.56 Å². The van der Waals surface area contributed by atoms with Gasteiger partial charge < -0.3 is 21.3 Å². The van der Waals surface area contributed by atoms with Gasteiger partial charge in [0.2, 0.25) is 5.96 Å². The van der Waals surface area contributed by atoms with Crippen LogP contribution in [0.15, 0.2) is 53.7 Å². The van der Waals surface area contributed by atoms with Gasteiger partial charge in [-0.25, -0.2) is 0 Å². The zero-order valence-electron chi connectivity index (χ0n) is 16.0. The number of H-pyrrole nitrogens is 1. The maximum absolute atomic E-state index is 13.2. The number of nitrogens with zero attached hydrogens (tertiary/aromatic N) is 2. The van der Waals surface area contributed by atoms with E-state index in [2.05, 4.69) is 10.1 Å². The number of oxime groups is 1. The summed E-state index contributed by atoms with van der Waals surface area (Å²) in [4.78, 5) is 21.5. The lowest BCUT2D eigenvalue weighted by Gasteiger charge is -2.14. The minimum absolute atomic E-state index is 0.0574. The molecule has 3 aromatic rings. The number of nitrogens with two attached hydrogens (primary N) is 2. The van der Waals surface area contributed by atoms with Gasteiger partial charge in [0.15, 0.2) is 0 Å². The molecular weight excluding hydrogens is 399 g/mol. The number of carbonyl (C=O) groups is 1. The van der Waals surface area contributed by atoms with Crippen LogP contribution in [-0.4, -0.2) is 28.8 Å². The molecule has 30 heavy (non-hydrogen) atoms. The Labute approximate surface area is 170 Å². The number of hydrogen-bond acceptors (Lipinski definition) is 4. The average molecular weight is 419 g/mol. The van der Waals surface area contributed by atoms with Gasteiger partial charge in [0.1, 0.15) is 12.3 Å². The molecular formula is C20H20F3N5O2. The summed E-state index contributed by atoms with van der Waals surface area (Å²) in [6.45, 7) is 0.495. The van der Waals surface area contributed by atoms with E-state index in [1.54, 1.807) is 0 Å². The summed E-state index contributed by atoms with van der Waals surface area (Å²) in [6.07, 6.45) is -4.54. The van der Waals surface area contributed by atoms with Crippen LogP contribution >= 0.6 is 0 Å². The Hall–Kier alpha value is -3.53. The molecule has 0 bridgehead atoms. The van der Waals surface area contributed by atoms with Crippen LogP contribution in [0.2, 0.25) is 0 Å². The maximum atomic E-state index is 13.2. The van der Waals surface area contributed by atoms with Crippen molar-refractivity contribution >= 4 is 22.8 Å². The number of aromatic amines is 1. The van der Waals surface area contributed by atoms with Crippen molar-refractivity contribution in [1.29, 1.82) is 0 Å². The lowest BCUT2D eigenvalue weighted by molar-refractivity contribution is -0.136. The summed E-state index contributed by atoms with van der Waals surface area (Å²) in [7, 11) is 1.34. The quantitative estimate of drug-likeness (QED) is 0.335. The van der Waals surface area contributed by atoms with Gasteiger partial charge >= 0.3 is 6.18 Å². The van der Waals surface area contributed by atoms with Crippen LogP contribution in [0.5, 0.6) is 0 Å². The first-order chi connectivity index (χ1) is 14.2. The SMILES string of the molecule is CN(C(=O)c1cc2c(C(F)(F)F)cccc2[nH]1)C(N)=NOCc1cccc(CN)c1. The Morgan fingerprint density at radius 3 is 2.57 bits per heavy atom. The van der Waals surface area contributed by atoms with Crippen molar-refractivity contribution in [2.45, 2.75) is 19.3 Å².